The maximum atomic E-state index is 12.3. The first-order valence-corrected chi connectivity index (χ1v) is 8.65. The van der Waals surface area contributed by atoms with Crippen molar-refractivity contribution in [3.8, 4) is 11.5 Å². The van der Waals surface area contributed by atoms with Crippen LogP contribution in [0.5, 0.6) is 11.5 Å². The molecule has 0 saturated carbocycles. The predicted molar refractivity (Wildman–Crippen MR) is 98.9 cm³/mol. The monoisotopic (exact) mass is 371 g/mol. The van der Waals surface area contributed by atoms with E-state index in [1.165, 1.54) is 6.07 Å². The van der Waals surface area contributed by atoms with E-state index in [0.717, 1.165) is 11.8 Å². The number of benzene rings is 1. The van der Waals surface area contributed by atoms with Gasteiger partial charge in [0.2, 0.25) is 5.91 Å². The van der Waals surface area contributed by atoms with Gasteiger partial charge in [-0.05, 0) is 38.0 Å². The zero-order valence-electron chi connectivity index (χ0n) is 15.1. The van der Waals surface area contributed by atoms with Gasteiger partial charge in [-0.1, -0.05) is 0 Å². The fourth-order valence-electron chi connectivity index (χ4n) is 3.09. The second kappa shape index (κ2) is 7.57. The van der Waals surface area contributed by atoms with Crippen LogP contribution in [0, 0.1) is 6.92 Å². The molecule has 7 heteroatoms. The van der Waals surface area contributed by atoms with E-state index in [1.54, 1.807) is 13.2 Å². The Kier molecular flexibility index (Phi) is 5.21. The summed E-state index contributed by atoms with van der Waals surface area (Å²) in [5.74, 6) is 0.119. The molecule has 2 heterocycles. The lowest BCUT2D eigenvalue weighted by atomic mass is 10.0. The van der Waals surface area contributed by atoms with E-state index in [-0.39, 0.29) is 41.0 Å². The number of carbonyl (C=O) groups is 1. The second-order valence-corrected chi connectivity index (χ2v) is 6.59. The lowest BCUT2D eigenvalue weighted by molar-refractivity contribution is -0.121. The van der Waals surface area contributed by atoms with Crippen molar-refractivity contribution in [1.29, 1.82) is 0 Å². The Morgan fingerprint density at radius 3 is 2.78 bits per heavy atom. The highest BCUT2D eigenvalue weighted by Crippen LogP contribution is 2.32. The third-order valence-corrected chi connectivity index (χ3v) is 4.49. The van der Waals surface area contributed by atoms with Gasteiger partial charge >= 0.3 is 5.63 Å². The molecular weight excluding hydrogens is 350 g/mol. The van der Waals surface area contributed by atoms with Gasteiger partial charge in [0.05, 0.1) is 23.6 Å². The highest BCUT2D eigenvalue weighted by Gasteiger charge is 2.18. The molecule has 27 heavy (non-hydrogen) atoms. The third kappa shape index (κ3) is 4.13. The van der Waals surface area contributed by atoms with Gasteiger partial charge in [-0.25, -0.2) is 4.79 Å². The topological polar surface area (TPSA) is 113 Å². The van der Waals surface area contributed by atoms with Gasteiger partial charge in [-0.15, -0.1) is 0 Å². The minimum Gasteiger partial charge on any atom is -0.508 e. The summed E-state index contributed by atoms with van der Waals surface area (Å²) in [6, 6.07) is 6.01. The van der Waals surface area contributed by atoms with Crippen LogP contribution in [0.15, 0.2) is 44.2 Å². The number of amides is 1. The zero-order valence-corrected chi connectivity index (χ0v) is 15.1. The highest BCUT2D eigenvalue weighted by atomic mass is 16.4. The lowest BCUT2D eigenvalue weighted by Crippen LogP contribution is -2.35. The summed E-state index contributed by atoms with van der Waals surface area (Å²) in [5.41, 5.74) is 0.0470. The fourth-order valence-corrected chi connectivity index (χ4v) is 3.09. The first kappa shape index (κ1) is 18.6. The molecule has 2 aromatic heterocycles. The SMILES string of the molecule is Cc1c(CC(=O)N[C@H](C)CCc2ccco2)c(=O)oc2cc(O)cc(O)c12. The van der Waals surface area contributed by atoms with Gasteiger partial charge in [0.15, 0.2) is 0 Å². The first-order chi connectivity index (χ1) is 12.8. The standard InChI is InChI=1S/C20H21NO6/c1-11(5-6-14-4-3-7-26-14)21-18(24)10-15-12(2)19-16(23)8-13(22)9-17(19)27-20(15)25/h3-4,7-9,11,22-23H,5-6,10H2,1-2H3,(H,21,24)/t11-/m1/s1. The van der Waals surface area contributed by atoms with E-state index in [1.807, 2.05) is 19.1 Å². The molecule has 0 aliphatic carbocycles. The molecular formula is C20H21NO6. The molecule has 3 rings (SSSR count). The number of phenolic OH excluding ortho intramolecular Hbond substituents is 2. The average Bonchev–Trinajstić information content (AvgIpc) is 3.09. The van der Waals surface area contributed by atoms with E-state index in [0.29, 0.717) is 23.8 Å². The molecule has 1 aromatic carbocycles. The number of carbonyl (C=O) groups excluding carboxylic acids is 1. The van der Waals surface area contributed by atoms with Gasteiger partial charge in [-0.3, -0.25) is 4.79 Å². The van der Waals surface area contributed by atoms with Crippen LogP contribution in [-0.4, -0.2) is 22.2 Å². The smallest absolute Gasteiger partial charge is 0.340 e. The number of rotatable bonds is 6. The molecule has 142 valence electrons. The summed E-state index contributed by atoms with van der Waals surface area (Å²) in [5, 5.41) is 22.7. The highest BCUT2D eigenvalue weighted by molar-refractivity contribution is 5.90. The zero-order chi connectivity index (χ0) is 19.6. The van der Waals surface area contributed by atoms with Crippen LogP contribution in [0.25, 0.3) is 11.0 Å². The minimum absolute atomic E-state index is 0.0750. The van der Waals surface area contributed by atoms with Gasteiger partial charge in [-0.2, -0.15) is 0 Å². The summed E-state index contributed by atoms with van der Waals surface area (Å²) in [6.45, 7) is 3.52. The molecule has 0 aliphatic heterocycles. The lowest BCUT2D eigenvalue weighted by Gasteiger charge is -2.14. The Morgan fingerprint density at radius 1 is 1.30 bits per heavy atom. The number of nitrogens with one attached hydrogen (secondary N) is 1. The number of aryl methyl sites for hydroxylation is 2. The van der Waals surface area contributed by atoms with Gasteiger partial charge < -0.3 is 24.4 Å². The molecule has 7 nitrogen and oxygen atoms in total. The molecule has 0 bridgehead atoms. The van der Waals surface area contributed by atoms with Crippen LogP contribution in [-0.2, 0) is 17.6 Å². The van der Waals surface area contributed by atoms with Crippen molar-refractivity contribution in [1.82, 2.24) is 5.32 Å². The fraction of sp³-hybridized carbons (Fsp3) is 0.300. The quantitative estimate of drug-likeness (QED) is 0.574. The summed E-state index contributed by atoms with van der Waals surface area (Å²) in [7, 11) is 0. The molecule has 0 unspecified atom stereocenters. The van der Waals surface area contributed by atoms with Crippen molar-refractivity contribution in [3.05, 3.63) is 57.8 Å². The number of hydrogen-bond donors (Lipinski definition) is 3. The van der Waals surface area contributed by atoms with Crippen molar-refractivity contribution >= 4 is 16.9 Å². The number of furan rings is 1. The number of aromatic hydroxyl groups is 2. The Morgan fingerprint density at radius 2 is 2.07 bits per heavy atom. The maximum absolute atomic E-state index is 12.3. The van der Waals surface area contributed by atoms with Gasteiger partial charge in [0.25, 0.3) is 0 Å². The van der Waals surface area contributed by atoms with Crippen LogP contribution < -0.4 is 10.9 Å². The maximum Gasteiger partial charge on any atom is 0.340 e. The minimum atomic E-state index is -0.664. The molecule has 0 aliphatic rings. The van der Waals surface area contributed by atoms with Crippen LogP contribution in [0.1, 0.15) is 30.2 Å². The summed E-state index contributed by atoms with van der Waals surface area (Å²) in [4.78, 5) is 24.6. The van der Waals surface area contributed by atoms with E-state index < -0.39 is 5.63 Å². The normalized spacial score (nSPS) is 12.2. The van der Waals surface area contributed by atoms with Gasteiger partial charge in [0, 0.05) is 24.6 Å². The van der Waals surface area contributed by atoms with E-state index in [9.17, 15) is 19.8 Å². The first-order valence-electron chi connectivity index (χ1n) is 8.65. The Bertz CT molecular complexity index is 1020. The second-order valence-electron chi connectivity index (χ2n) is 6.59. The van der Waals surface area contributed by atoms with Crippen molar-refractivity contribution < 1.29 is 23.8 Å². The largest absolute Gasteiger partial charge is 0.508 e. The average molecular weight is 371 g/mol. The molecule has 3 aromatic rings. The van der Waals surface area contributed by atoms with Crippen LogP contribution in [0.4, 0.5) is 0 Å². The van der Waals surface area contributed by atoms with E-state index in [2.05, 4.69) is 5.32 Å². The molecule has 0 fully saturated rings. The van der Waals surface area contributed by atoms with Crippen molar-refractivity contribution in [2.24, 2.45) is 0 Å². The summed E-state index contributed by atoms with van der Waals surface area (Å²) >= 11 is 0. The Balaban J connectivity index is 1.73. The molecule has 3 N–H and O–H groups in total. The summed E-state index contributed by atoms with van der Waals surface area (Å²) < 4.78 is 10.4. The molecule has 0 saturated heterocycles. The van der Waals surface area contributed by atoms with Crippen LogP contribution in [0.2, 0.25) is 0 Å². The van der Waals surface area contributed by atoms with Crippen molar-refractivity contribution in [2.45, 2.75) is 39.2 Å². The predicted octanol–water partition coefficient (Wildman–Crippen LogP) is 2.79. The Hall–Kier alpha value is -3.22. The van der Waals surface area contributed by atoms with Crippen molar-refractivity contribution in [3.63, 3.8) is 0 Å². The van der Waals surface area contributed by atoms with E-state index >= 15 is 0 Å². The van der Waals surface area contributed by atoms with Crippen LogP contribution in [0.3, 0.4) is 0 Å². The number of hydrogen-bond acceptors (Lipinski definition) is 6. The molecule has 1 amide bonds. The molecule has 0 radical (unpaired) electrons. The van der Waals surface area contributed by atoms with Crippen LogP contribution >= 0.6 is 0 Å². The number of fused-ring (bicyclic) bond motifs is 1. The van der Waals surface area contributed by atoms with E-state index in [4.69, 9.17) is 8.83 Å². The molecule has 1 atom stereocenters. The van der Waals surface area contributed by atoms with Crippen molar-refractivity contribution in [2.75, 3.05) is 0 Å². The third-order valence-electron chi connectivity index (χ3n) is 4.49. The molecule has 0 spiro atoms. The van der Waals surface area contributed by atoms with Gasteiger partial charge in [0.1, 0.15) is 22.8 Å². The Labute approximate surface area is 155 Å². The number of phenols is 2. The summed E-state index contributed by atoms with van der Waals surface area (Å²) in [6.07, 6.45) is 2.85.